The average molecular weight is 895 g/mol. The number of ether oxygens (including phenoxy) is 2. The molecular formula is C53H101NO7P+. The predicted octanol–water partition coefficient (Wildman–Crippen LogP) is 15.9. The summed E-state index contributed by atoms with van der Waals surface area (Å²) in [6, 6.07) is 0. The van der Waals surface area contributed by atoms with Gasteiger partial charge in [-0.1, -0.05) is 217 Å². The Morgan fingerprint density at radius 3 is 1.40 bits per heavy atom. The molecule has 0 aromatic carbocycles. The van der Waals surface area contributed by atoms with Gasteiger partial charge in [-0.25, -0.2) is 4.57 Å². The molecule has 8 nitrogen and oxygen atoms in total. The summed E-state index contributed by atoms with van der Waals surface area (Å²) in [6.07, 6.45) is 57.2. The Morgan fingerprint density at radius 2 is 0.935 bits per heavy atom. The zero-order chi connectivity index (χ0) is 45.5. The molecule has 62 heavy (non-hydrogen) atoms. The van der Waals surface area contributed by atoms with Crippen LogP contribution in [-0.4, -0.2) is 75.6 Å². The van der Waals surface area contributed by atoms with Crippen molar-refractivity contribution in [2.75, 3.05) is 54.1 Å². The lowest BCUT2D eigenvalue weighted by Crippen LogP contribution is -2.37. The van der Waals surface area contributed by atoms with Gasteiger partial charge >= 0.3 is 13.8 Å². The van der Waals surface area contributed by atoms with Gasteiger partial charge in [0.1, 0.15) is 19.3 Å². The van der Waals surface area contributed by atoms with Gasteiger partial charge in [-0.2, -0.15) is 0 Å². The van der Waals surface area contributed by atoms with Crippen LogP contribution < -0.4 is 0 Å². The Balaban J connectivity index is 4.09. The van der Waals surface area contributed by atoms with E-state index in [4.69, 9.17) is 18.5 Å². The van der Waals surface area contributed by atoms with Crippen LogP contribution in [0, 0.1) is 0 Å². The standard InChI is InChI=1S/C53H100NO7P/c1-6-8-10-12-14-16-18-20-22-23-24-25-26-27-28-29-30-31-32-34-36-38-40-42-44-46-53(55)61-52(51-60-62(56,57)59-49-47-54(3,4)5)50-58-48-45-43-41-39-37-35-33-21-19-17-15-13-11-9-7-2/h8,10,14,16,20,22,24-25,52H,6-7,9,11-13,15,17-19,21,23,26-51H2,1-5H3/p+1/b10-8-,16-14-,22-20-,25-24-. The molecule has 0 aromatic rings. The average Bonchev–Trinajstić information content (AvgIpc) is 3.23. The van der Waals surface area contributed by atoms with Gasteiger partial charge in [0.05, 0.1) is 34.4 Å². The van der Waals surface area contributed by atoms with Crippen LogP contribution in [0.25, 0.3) is 0 Å². The first-order valence-electron chi connectivity index (χ1n) is 25.9. The summed E-state index contributed by atoms with van der Waals surface area (Å²) in [6.45, 7) is 5.55. The van der Waals surface area contributed by atoms with Crippen LogP contribution in [0.15, 0.2) is 48.6 Å². The monoisotopic (exact) mass is 895 g/mol. The fourth-order valence-electron chi connectivity index (χ4n) is 7.19. The summed E-state index contributed by atoms with van der Waals surface area (Å²) < 4.78 is 35.2. The van der Waals surface area contributed by atoms with Gasteiger partial charge in [-0.15, -0.1) is 0 Å². The molecule has 0 radical (unpaired) electrons. The van der Waals surface area contributed by atoms with Crippen molar-refractivity contribution in [2.24, 2.45) is 0 Å². The number of phosphoric acid groups is 1. The van der Waals surface area contributed by atoms with Crippen molar-refractivity contribution in [1.82, 2.24) is 0 Å². The lowest BCUT2D eigenvalue weighted by Gasteiger charge is -2.24. The summed E-state index contributed by atoms with van der Waals surface area (Å²) in [5.74, 6) is -0.314. The van der Waals surface area contributed by atoms with Gasteiger partial charge in [0.15, 0.2) is 0 Å². The highest BCUT2D eigenvalue weighted by atomic mass is 31.2. The van der Waals surface area contributed by atoms with Crippen molar-refractivity contribution in [3.63, 3.8) is 0 Å². The number of hydrogen-bond donors (Lipinski definition) is 1. The third kappa shape index (κ3) is 49.5. The van der Waals surface area contributed by atoms with Crippen molar-refractivity contribution in [3.05, 3.63) is 48.6 Å². The number of esters is 1. The number of allylic oxidation sites excluding steroid dienone is 8. The Kier molecular flexibility index (Phi) is 44.9. The molecule has 1 N–H and O–H groups in total. The quantitative estimate of drug-likeness (QED) is 0.0214. The molecular weight excluding hydrogens is 794 g/mol. The van der Waals surface area contributed by atoms with Crippen LogP contribution in [0.5, 0.6) is 0 Å². The summed E-state index contributed by atoms with van der Waals surface area (Å²) in [5.41, 5.74) is 0. The van der Waals surface area contributed by atoms with Gasteiger partial charge in [0.2, 0.25) is 0 Å². The minimum Gasteiger partial charge on any atom is -0.457 e. The molecule has 2 atom stereocenters. The molecule has 0 bridgehead atoms. The Bertz CT molecular complexity index is 1130. The van der Waals surface area contributed by atoms with Crippen molar-refractivity contribution >= 4 is 13.8 Å². The summed E-state index contributed by atoms with van der Waals surface area (Å²) >= 11 is 0. The largest absolute Gasteiger partial charge is 0.472 e. The topological polar surface area (TPSA) is 91.3 Å². The first kappa shape index (κ1) is 60.5. The Labute approximate surface area is 384 Å². The fourth-order valence-corrected chi connectivity index (χ4v) is 7.93. The molecule has 0 aliphatic carbocycles. The number of likely N-dealkylation sites (N-methyl/N-ethyl adjacent to an activating group) is 1. The number of carbonyl (C=O) groups excluding carboxylic acids is 1. The number of hydrogen-bond acceptors (Lipinski definition) is 6. The van der Waals surface area contributed by atoms with Crippen molar-refractivity contribution in [1.29, 1.82) is 0 Å². The molecule has 0 fully saturated rings. The van der Waals surface area contributed by atoms with E-state index in [1.165, 1.54) is 148 Å². The minimum atomic E-state index is -4.28. The molecule has 0 aromatic heterocycles. The molecule has 0 aliphatic rings. The summed E-state index contributed by atoms with van der Waals surface area (Å²) in [7, 11) is 1.67. The Hall–Kier alpha value is -1.54. The maximum absolute atomic E-state index is 12.8. The van der Waals surface area contributed by atoms with E-state index < -0.39 is 13.9 Å². The van der Waals surface area contributed by atoms with E-state index in [0.717, 1.165) is 57.8 Å². The summed E-state index contributed by atoms with van der Waals surface area (Å²) in [5, 5.41) is 0. The highest BCUT2D eigenvalue weighted by molar-refractivity contribution is 7.47. The first-order valence-corrected chi connectivity index (χ1v) is 27.4. The highest BCUT2D eigenvalue weighted by Gasteiger charge is 2.26. The predicted molar refractivity (Wildman–Crippen MR) is 266 cm³/mol. The van der Waals surface area contributed by atoms with Crippen molar-refractivity contribution < 1.29 is 37.3 Å². The Morgan fingerprint density at radius 1 is 0.516 bits per heavy atom. The van der Waals surface area contributed by atoms with E-state index in [9.17, 15) is 14.3 Å². The number of quaternary nitrogens is 1. The molecule has 0 amide bonds. The van der Waals surface area contributed by atoms with E-state index in [1.807, 2.05) is 21.1 Å². The number of phosphoric ester groups is 1. The number of carbonyl (C=O) groups is 1. The van der Waals surface area contributed by atoms with Crippen LogP contribution in [0.3, 0.4) is 0 Å². The second-order valence-electron chi connectivity index (χ2n) is 18.5. The van der Waals surface area contributed by atoms with Crippen LogP contribution in [0.4, 0.5) is 0 Å². The lowest BCUT2D eigenvalue weighted by atomic mass is 10.0. The number of nitrogens with zero attached hydrogens (tertiary/aromatic N) is 1. The van der Waals surface area contributed by atoms with Crippen molar-refractivity contribution in [3.8, 4) is 0 Å². The molecule has 0 saturated carbocycles. The molecule has 0 rings (SSSR count). The van der Waals surface area contributed by atoms with Gasteiger partial charge in [-0.05, 0) is 51.4 Å². The second kappa shape index (κ2) is 46.0. The second-order valence-corrected chi connectivity index (χ2v) is 20.0. The maximum Gasteiger partial charge on any atom is 0.472 e. The van der Waals surface area contributed by atoms with Crippen molar-refractivity contribution in [2.45, 2.75) is 232 Å². The van der Waals surface area contributed by atoms with E-state index in [0.29, 0.717) is 24.1 Å². The SMILES string of the molecule is CC/C=C\C/C=C\C/C=C\C/C=C\CCCCCCCCCCCCCCC(=O)OC(COCCCCCCCCCCCCCCCCC)COP(=O)(O)OCC[N+](C)(C)C. The van der Waals surface area contributed by atoms with Gasteiger partial charge in [0, 0.05) is 13.0 Å². The molecule has 0 heterocycles. The van der Waals surface area contributed by atoms with Gasteiger partial charge in [-0.3, -0.25) is 13.8 Å². The molecule has 0 spiro atoms. The first-order chi connectivity index (χ1) is 30.1. The normalized spacial score (nSPS) is 14.0. The van der Waals surface area contributed by atoms with Crippen LogP contribution in [0.2, 0.25) is 0 Å². The highest BCUT2D eigenvalue weighted by Crippen LogP contribution is 2.43. The van der Waals surface area contributed by atoms with Gasteiger partial charge < -0.3 is 18.9 Å². The molecule has 2 unspecified atom stereocenters. The number of rotatable bonds is 48. The van der Waals surface area contributed by atoms with E-state index >= 15 is 0 Å². The fraction of sp³-hybridized carbons (Fsp3) is 0.830. The third-order valence-electron chi connectivity index (χ3n) is 11.2. The summed E-state index contributed by atoms with van der Waals surface area (Å²) in [4.78, 5) is 23.0. The van der Waals surface area contributed by atoms with Crippen LogP contribution >= 0.6 is 7.82 Å². The van der Waals surface area contributed by atoms with Gasteiger partial charge in [0.25, 0.3) is 0 Å². The number of unbranched alkanes of at least 4 members (excludes halogenated alkanes) is 26. The molecule has 9 heteroatoms. The maximum atomic E-state index is 12.8. The lowest BCUT2D eigenvalue weighted by molar-refractivity contribution is -0.870. The molecule has 364 valence electrons. The smallest absolute Gasteiger partial charge is 0.457 e. The zero-order valence-electron chi connectivity index (χ0n) is 41.4. The van der Waals surface area contributed by atoms with E-state index in [-0.39, 0.29) is 25.8 Å². The third-order valence-corrected chi connectivity index (χ3v) is 12.1. The zero-order valence-corrected chi connectivity index (χ0v) is 42.3. The molecule has 0 saturated heterocycles. The van der Waals surface area contributed by atoms with E-state index in [2.05, 4.69) is 62.5 Å². The van der Waals surface area contributed by atoms with Crippen LogP contribution in [0.1, 0.15) is 226 Å². The van der Waals surface area contributed by atoms with E-state index in [1.54, 1.807) is 0 Å². The molecule has 0 aliphatic heterocycles. The van der Waals surface area contributed by atoms with Crippen LogP contribution in [-0.2, 0) is 27.9 Å². The minimum absolute atomic E-state index is 0.0889.